The fraction of sp³-hybridized carbons (Fsp3) is 0.400. The van der Waals surface area contributed by atoms with Gasteiger partial charge in [0, 0.05) is 0 Å². The van der Waals surface area contributed by atoms with Gasteiger partial charge in [-0.25, -0.2) is 0 Å². The first-order valence-electron chi connectivity index (χ1n) is 6.02. The molecule has 0 radical (unpaired) electrons. The maximum absolute atomic E-state index is 12.0. The van der Waals surface area contributed by atoms with Crippen LogP contribution in [0.25, 0.3) is 0 Å². The third kappa shape index (κ3) is 2.78. The minimum Gasteiger partial charge on any atom is -0.510 e. The molecular weight excluding hydrogens is 244 g/mol. The van der Waals surface area contributed by atoms with E-state index < -0.39 is 4.75 Å². The fourth-order valence-corrected chi connectivity index (χ4v) is 3.14. The van der Waals surface area contributed by atoms with Gasteiger partial charge in [0.05, 0.1) is 10.3 Å². The lowest BCUT2D eigenvalue weighted by atomic mass is 9.96. The van der Waals surface area contributed by atoms with Gasteiger partial charge in [0.1, 0.15) is 5.76 Å². The Morgan fingerprint density at radius 1 is 1.56 bits per heavy atom. The van der Waals surface area contributed by atoms with Gasteiger partial charge in [0.25, 0.3) is 0 Å². The molecule has 0 aromatic carbocycles. The van der Waals surface area contributed by atoms with Crippen LogP contribution in [0, 0.1) is 0 Å². The first kappa shape index (κ1) is 14.8. The number of carbonyl (C=O) groups is 1. The number of aliphatic hydroxyl groups is 1. The van der Waals surface area contributed by atoms with Gasteiger partial charge in [-0.1, -0.05) is 56.0 Å². The molecule has 1 aliphatic rings. The van der Waals surface area contributed by atoms with Crippen LogP contribution in [0.4, 0.5) is 0 Å². The van der Waals surface area contributed by atoms with Crippen molar-refractivity contribution < 1.29 is 9.90 Å². The van der Waals surface area contributed by atoms with Crippen LogP contribution in [0.3, 0.4) is 0 Å². The van der Waals surface area contributed by atoms with Crippen molar-refractivity contribution in [3.8, 4) is 0 Å². The summed E-state index contributed by atoms with van der Waals surface area (Å²) in [5.41, 5.74) is 2.06. The largest absolute Gasteiger partial charge is 0.510 e. The molecule has 0 spiro atoms. The Balaban J connectivity index is 3.19. The Morgan fingerprint density at radius 2 is 2.17 bits per heavy atom. The van der Waals surface area contributed by atoms with Crippen LogP contribution in [0.15, 0.2) is 47.8 Å². The average molecular weight is 264 g/mol. The molecule has 98 valence electrons. The monoisotopic (exact) mass is 264 g/mol. The van der Waals surface area contributed by atoms with E-state index in [0.29, 0.717) is 5.57 Å². The molecule has 0 aromatic heterocycles. The van der Waals surface area contributed by atoms with E-state index in [1.165, 1.54) is 0 Å². The summed E-state index contributed by atoms with van der Waals surface area (Å²) in [7, 11) is 0. The Morgan fingerprint density at radius 3 is 2.67 bits per heavy atom. The molecule has 1 heterocycles. The zero-order valence-corrected chi connectivity index (χ0v) is 12.1. The van der Waals surface area contributed by atoms with Crippen LogP contribution in [-0.4, -0.2) is 15.0 Å². The second kappa shape index (κ2) is 5.61. The van der Waals surface area contributed by atoms with Gasteiger partial charge in [0.15, 0.2) is 0 Å². The Hall–Kier alpha value is -1.22. The molecule has 1 atom stereocenters. The standard InChI is InChI=1S/C15H20O2S/c1-6-8-11(4)12-13(16)15(5,18-14(12)17)9-10(3)7-2/h7,9,16H,2,4,6,8H2,1,3,5H3/b10-9+/t15-/m1/s1. The third-order valence-corrected chi connectivity index (χ3v) is 4.07. The molecule has 0 bridgehead atoms. The topological polar surface area (TPSA) is 37.3 Å². The summed E-state index contributed by atoms with van der Waals surface area (Å²) >= 11 is 1.13. The van der Waals surface area contributed by atoms with Gasteiger partial charge in [-0.3, -0.25) is 4.79 Å². The lowest BCUT2D eigenvalue weighted by molar-refractivity contribution is -0.107. The summed E-state index contributed by atoms with van der Waals surface area (Å²) < 4.78 is -0.693. The van der Waals surface area contributed by atoms with Crippen molar-refractivity contribution in [1.82, 2.24) is 0 Å². The normalized spacial score (nSPS) is 24.6. The fourth-order valence-electron chi connectivity index (χ4n) is 1.97. The summed E-state index contributed by atoms with van der Waals surface area (Å²) in [5, 5.41) is 10.2. The van der Waals surface area contributed by atoms with Gasteiger partial charge in [-0.05, 0) is 25.8 Å². The van der Waals surface area contributed by atoms with Crippen LogP contribution in [0.2, 0.25) is 0 Å². The number of carbonyl (C=O) groups excluding carboxylic acids is 1. The second-order valence-electron chi connectivity index (χ2n) is 4.67. The van der Waals surface area contributed by atoms with E-state index in [1.807, 2.05) is 26.8 Å². The molecule has 1 aliphatic heterocycles. The van der Waals surface area contributed by atoms with Gasteiger partial charge in [-0.15, -0.1) is 0 Å². The predicted molar refractivity (Wildman–Crippen MR) is 78.7 cm³/mol. The molecule has 0 saturated carbocycles. The summed E-state index contributed by atoms with van der Waals surface area (Å²) in [4.78, 5) is 12.0. The molecule has 2 nitrogen and oxygen atoms in total. The highest BCUT2D eigenvalue weighted by Gasteiger charge is 2.42. The first-order valence-corrected chi connectivity index (χ1v) is 6.84. The average Bonchev–Trinajstić information content (AvgIpc) is 2.49. The van der Waals surface area contributed by atoms with Crippen molar-refractivity contribution >= 4 is 16.9 Å². The highest BCUT2D eigenvalue weighted by molar-refractivity contribution is 8.16. The molecule has 1 N–H and O–H groups in total. The second-order valence-corrected chi connectivity index (χ2v) is 6.09. The number of hydrogen-bond donors (Lipinski definition) is 1. The summed E-state index contributed by atoms with van der Waals surface area (Å²) in [6.07, 6.45) is 5.21. The maximum Gasteiger partial charge on any atom is 0.224 e. The zero-order chi connectivity index (χ0) is 13.9. The van der Waals surface area contributed by atoms with Crippen LogP contribution >= 0.6 is 11.8 Å². The molecule has 0 aromatic rings. The van der Waals surface area contributed by atoms with Crippen molar-refractivity contribution in [2.45, 2.75) is 38.4 Å². The third-order valence-electron chi connectivity index (χ3n) is 2.95. The SMILES string of the molecule is C=C/C(C)=C/[C@@]1(C)SC(=O)C(C(=C)CCC)=C1O. The minimum atomic E-state index is -0.693. The van der Waals surface area contributed by atoms with Gasteiger partial charge in [0.2, 0.25) is 5.12 Å². The van der Waals surface area contributed by atoms with Crippen molar-refractivity contribution in [2.24, 2.45) is 0 Å². The number of aliphatic hydroxyl groups excluding tert-OH is 1. The van der Waals surface area contributed by atoms with Crippen molar-refractivity contribution in [3.05, 3.63) is 47.8 Å². The van der Waals surface area contributed by atoms with E-state index in [-0.39, 0.29) is 10.9 Å². The quantitative estimate of drug-likeness (QED) is 0.751. The molecule has 0 saturated heterocycles. The highest BCUT2D eigenvalue weighted by atomic mass is 32.2. The van der Waals surface area contributed by atoms with E-state index >= 15 is 0 Å². The summed E-state index contributed by atoms with van der Waals surface area (Å²) in [6.45, 7) is 13.3. The summed E-state index contributed by atoms with van der Waals surface area (Å²) in [5.74, 6) is 0.122. The number of thioether (sulfide) groups is 1. The van der Waals surface area contributed by atoms with E-state index in [2.05, 4.69) is 13.2 Å². The molecule has 0 fully saturated rings. The van der Waals surface area contributed by atoms with E-state index in [9.17, 15) is 9.90 Å². The van der Waals surface area contributed by atoms with E-state index in [0.717, 1.165) is 35.7 Å². The van der Waals surface area contributed by atoms with Crippen molar-refractivity contribution in [2.75, 3.05) is 0 Å². The van der Waals surface area contributed by atoms with Crippen molar-refractivity contribution in [1.29, 1.82) is 0 Å². The van der Waals surface area contributed by atoms with Gasteiger partial charge >= 0.3 is 0 Å². The van der Waals surface area contributed by atoms with Crippen molar-refractivity contribution in [3.63, 3.8) is 0 Å². The first-order chi connectivity index (χ1) is 8.35. The van der Waals surface area contributed by atoms with Crippen LogP contribution in [0.1, 0.15) is 33.6 Å². The molecule has 18 heavy (non-hydrogen) atoms. The maximum atomic E-state index is 12.0. The van der Waals surface area contributed by atoms with Crippen LogP contribution in [0.5, 0.6) is 0 Å². The molecule has 0 amide bonds. The van der Waals surface area contributed by atoms with Gasteiger partial charge < -0.3 is 5.11 Å². The Bertz CT molecular complexity index is 457. The summed E-state index contributed by atoms with van der Waals surface area (Å²) in [6, 6.07) is 0. The highest BCUT2D eigenvalue weighted by Crippen LogP contribution is 2.46. The smallest absolute Gasteiger partial charge is 0.224 e. The molecular formula is C15H20O2S. The lowest BCUT2D eigenvalue weighted by Gasteiger charge is -2.18. The van der Waals surface area contributed by atoms with E-state index in [4.69, 9.17) is 0 Å². The number of rotatable bonds is 5. The Labute approximate surface area is 113 Å². The predicted octanol–water partition coefficient (Wildman–Crippen LogP) is 4.32. The molecule has 3 heteroatoms. The van der Waals surface area contributed by atoms with Crippen LogP contribution < -0.4 is 0 Å². The number of allylic oxidation sites excluding steroid dienone is 3. The molecule has 0 aliphatic carbocycles. The zero-order valence-electron chi connectivity index (χ0n) is 11.2. The van der Waals surface area contributed by atoms with E-state index in [1.54, 1.807) is 6.08 Å². The van der Waals surface area contributed by atoms with Gasteiger partial charge in [-0.2, -0.15) is 0 Å². The van der Waals surface area contributed by atoms with Crippen LogP contribution in [-0.2, 0) is 4.79 Å². The number of hydrogen-bond acceptors (Lipinski definition) is 3. The Kier molecular flexibility index (Phi) is 4.63. The minimum absolute atomic E-state index is 0.0958. The molecule has 1 rings (SSSR count). The molecule has 0 unspecified atom stereocenters. The lowest BCUT2D eigenvalue weighted by Crippen LogP contribution is -2.17.